The van der Waals surface area contributed by atoms with E-state index in [-0.39, 0.29) is 28.6 Å². The van der Waals surface area contributed by atoms with Gasteiger partial charge in [0.15, 0.2) is 28.8 Å². The summed E-state index contributed by atoms with van der Waals surface area (Å²) in [7, 11) is 5.66. The highest BCUT2D eigenvalue weighted by Gasteiger charge is 2.26. The molecule has 0 bridgehead atoms. The summed E-state index contributed by atoms with van der Waals surface area (Å²) in [5.41, 5.74) is 0.439. The molecule has 0 fully saturated rings. The molecule has 0 heterocycles. The molecule has 0 aliphatic rings. The number of amides is 1. The first-order chi connectivity index (χ1) is 14.8. The van der Waals surface area contributed by atoms with Crippen molar-refractivity contribution in [3.8, 4) is 23.0 Å². The van der Waals surface area contributed by atoms with Crippen LogP contribution in [0.2, 0.25) is 10.0 Å². The number of ketones is 1. The van der Waals surface area contributed by atoms with Gasteiger partial charge in [0.2, 0.25) is 6.04 Å². The summed E-state index contributed by atoms with van der Waals surface area (Å²) in [6.07, 6.45) is 0. The quantitative estimate of drug-likeness (QED) is 0.420. The van der Waals surface area contributed by atoms with Gasteiger partial charge in [-0.05, 0) is 25.1 Å². The average Bonchev–Trinajstić information content (AvgIpc) is 2.73. The second-order valence-corrected chi connectivity index (χ2v) is 6.88. The van der Waals surface area contributed by atoms with Crippen LogP contribution in [0.25, 0.3) is 0 Å². The molecule has 1 atom stereocenters. The van der Waals surface area contributed by atoms with E-state index in [9.17, 15) is 9.59 Å². The standard InChI is InChI=1S/C20H21Cl2N3O6/c1-10(26)16(25-24-13-7-6-12(22)17(29-3)19(13)31-5)20(27)23-14-8-11(21)9-15(28-2)18(14)30-4/h6-9,16H,1-5H3,(H,23,27). The molecule has 9 nitrogen and oxygen atoms in total. The lowest BCUT2D eigenvalue weighted by Crippen LogP contribution is -2.32. The number of carbonyl (C=O) groups excluding carboxylic acids is 2. The van der Waals surface area contributed by atoms with Gasteiger partial charge in [0, 0.05) is 11.1 Å². The van der Waals surface area contributed by atoms with E-state index < -0.39 is 17.7 Å². The minimum atomic E-state index is -1.44. The summed E-state index contributed by atoms with van der Waals surface area (Å²) >= 11 is 12.1. The van der Waals surface area contributed by atoms with Crippen LogP contribution in [0.4, 0.5) is 11.4 Å². The molecular weight excluding hydrogens is 449 g/mol. The Kier molecular flexibility index (Phi) is 8.47. The van der Waals surface area contributed by atoms with Gasteiger partial charge in [-0.3, -0.25) is 9.59 Å². The molecule has 0 saturated carbocycles. The Morgan fingerprint density at radius 3 is 2.13 bits per heavy atom. The Morgan fingerprint density at radius 2 is 1.58 bits per heavy atom. The summed E-state index contributed by atoms with van der Waals surface area (Å²) in [4.78, 5) is 24.9. The number of nitrogens with one attached hydrogen (secondary N) is 1. The number of anilines is 1. The largest absolute Gasteiger partial charge is 0.493 e. The molecule has 1 unspecified atom stereocenters. The van der Waals surface area contributed by atoms with Gasteiger partial charge < -0.3 is 24.3 Å². The second-order valence-electron chi connectivity index (χ2n) is 6.04. The molecule has 1 N–H and O–H groups in total. The fraction of sp³-hybridized carbons (Fsp3) is 0.300. The van der Waals surface area contributed by atoms with Crippen LogP contribution in [-0.2, 0) is 9.59 Å². The Bertz CT molecular complexity index is 1010. The molecule has 11 heteroatoms. The molecule has 0 aromatic heterocycles. The van der Waals surface area contributed by atoms with E-state index in [2.05, 4.69) is 15.5 Å². The van der Waals surface area contributed by atoms with E-state index in [1.807, 2.05) is 0 Å². The van der Waals surface area contributed by atoms with Gasteiger partial charge in [-0.25, -0.2) is 0 Å². The first-order valence-electron chi connectivity index (χ1n) is 8.81. The van der Waals surface area contributed by atoms with Gasteiger partial charge >= 0.3 is 0 Å². The van der Waals surface area contributed by atoms with Crippen LogP contribution in [0.15, 0.2) is 34.5 Å². The minimum Gasteiger partial charge on any atom is -0.493 e. The first kappa shape index (κ1) is 24.2. The van der Waals surface area contributed by atoms with Crippen molar-refractivity contribution < 1.29 is 28.5 Å². The van der Waals surface area contributed by atoms with Crippen molar-refractivity contribution in [2.45, 2.75) is 13.0 Å². The zero-order valence-corrected chi connectivity index (χ0v) is 19.0. The molecule has 2 rings (SSSR count). The summed E-state index contributed by atoms with van der Waals surface area (Å²) in [5, 5.41) is 11.1. The molecule has 0 radical (unpaired) electrons. The van der Waals surface area contributed by atoms with Crippen molar-refractivity contribution in [3.63, 3.8) is 0 Å². The number of benzene rings is 2. The first-order valence-corrected chi connectivity index (χ1v) is 9.57. The maximum atomic E-state index is 12.8. The zero-order valence-electron chi connectivity index (χ0n) is 17.5. The van der Waals surface area contributed by atoms with E-state index in [1.54, 1.807) is 0 Å². The average molecular weight is 470 g/mol. The normalized spacial score (nSPS) is 11.7. The van der Waals surface area contributed by atoms with Crippen molar-refractivity contribution in [2.75, 3.05) is 33.8 Å². The number of Topliss-reactive ketones (excluding diaryl/α,β-unsaturated/α-hetero) is 1. The Balaban J connectivity index is 2.37. The predicted octanol–water partition coefficient (Wildman–Crippen LogP) is 4.71. The minimum absolute atomic E-state index is 0.211. The molecule has 0 aliphatic carbocycles. The third-order valence-corrected chi connectivity index (χ3v) is 4.58. The molecule has 31 heavy (non-hydrogen) atoms. The lowest BCUT2D eigenvalue weighted by atomic mass is 10.2. The second kappa shape index (κ2) is 10.8. The van der Waals surface area contributed by atoms with Crippen LogP contribution < -0.4 is 24.3 Å². The smallest absolute Gasteiger partial charge is 0.258 e. The monoisotopic (exact) mass is 469 g/mol. The summed E-state index contributed by atoms with van der Waals surface area (Å²) < 4.78 is 21.0. The third-order valence-electron chi connectivity index (χ3n) is 4.07. The predicted molar refractivity (Wildman–Crippen MR) is 117 cm³/mol. The number of methoxy groups -OCH3 is 4. The Labute approximate surface area is 189 Å². The number of hydrogen-bond acceptors (Lipinski definition) is 8. The lowest BCUT2D eigenvalue weighted by molar-refractivity contribution is -0.126. The van der Waals surface area contributed by atoms with Gasteiger partial charge in [0.25, 0.3) is 5.91 Å². The number of carbonyl (C=O) groups is 2. The van der Waals surface area contributed by atoms with Crippen LogP contribution in [0.3, 0.4) is 0 Å². The number of hydrogen-bond donors (Lipinski definition) is 1. The molecule has 0 spiro atoms. The molecule has 1 amide bonds. The number of halogens is 2. The van der Waals surface area contributed by atoms with E-state index >= 15 is 0 Å². The van der Waals surface area contributed by atoms with Crippen molar-refractivity contribution >= 4 is 46.3 Å². The molecular formula is C20H21Cl2N3O6. The zero-order chi connectivity index (χ0) is 23.1. The van der Waals surface area contributed by atoms with Gasteiger partial charge in [-0.1, -0.05) is 23.2 Å². The molecule has 0 saturated heterocycles. The lowest BCUT2D eigenvalue weighted by Gasteiger charge is -2.15. The van der Waals surface area contributed by atoms with Crippen molar-refractivity contribution in [1.29, 1.82) is 0 Å². The van der Waals surface area contributed by atoms with Crippen LogP contribution in [0.5, 0.6) is 23.0 Å². The number of nitrogens with zero attached hydrogens (tertiary/aromatic N) is 2. The maximum Gasteiger partial charge on any atom is 0.258 e. The summed E-state index contributed by atoms with van der Waals surface area (Å²) in [6, 6.07) is 4.60. The third kappa shape index (κ3) is 5.56. The van der Waals surface area contributed by atoms with Crippen LogP contribution in [0.1, 0.15) is 6.92 Å². The highest BCUT2D eigenvalue weighted by molar-refractivity contribution is 6.32. The fourth-order valence-electron chi connectivity index (χ4n) is 2.66. The highest BCUT2D eigenvalue weighted by atomic mass is 35.5. The van der Waals surface area contributed by atoms with Gasteiger partial charge in [0.1, 0.15) is 5.69 Å². The van der Waals surface area contributed by atoms with Crippen LogP contribution >= 0.6 is 23.2 Å². The van der Waals surface area contributed by atoms with E-state index in [4.69, 9.17) is 42.1 Å². The van der Waals surface area contributed by atoms with Gasteiger partial charge in [0.05, 0.1) is 39.1 Å². The maximum absolute atomic E-state index is 12.8. The fourth-order valence-corrected chi connectivity index (χ4v) is 3.09. The Morgan fingerprint density at radius 1 is 0.935 bits per heavy atom. The molecule has 2 aromatic carbocycles. The number of ether oxygens (including phenoxy) is 4. The summed E-state index contributed by atoms with van der Waals surface area (Å²) in [6.45, 7) is 1.22. The van der Waals surface area contributed by atoms with Crippen molar-refractivity contribution in [3.05, 3.63) is 34.3 Å². The molecule has 166 valence electrons. The molecule has 0 aliphatic heterocycles. The van der Waals surface area contributed by atoms with Crippen molar-refractivity contribution in [2.24, 2.45) is 10.2 Å². The van der Waals surface area contributed by atoms with Gasteiger partial charge in [-0.15, -0.1) is 0 Å². The van der Waals surface area contributed by atoms with E-state index in [1.165, 1.54) is 59.6 Å². The summed E-state index contributed by atoms with van der Waals surface area (Å²) in [5.74, 6) is -0.260. The van der Waals surface area contributed by atoms with Gasteiger partial charge in [-0.2, -0.15) is 10.2 Å². The topological polar surface area (TPSA) is 108 Å². The Hall–Kier alpha value is -3.04. The van der Waals surface area contributed by atoms with Crippen LogP contribution in [0, 0.1) is 0 Å². The number of rotatable bonds is 9. The SMILES string of the molecule is COc1cc(Cl)cc(NC(=O)C(N=Nc2ccc(Cl)c(OC)c2OC)C(C)=O)c1OC. The molecule has 2 aromatic rings. The highest BCUT2D eigenvalue weighted by Crippen LogP contribution is 2.42. The van der Waals surface area contributed by atoms with E-state index in [0.717, 1.165) is 0 Å². The van der Waals surface area contributed by atoms with Crippen LogP contribution in [-0.4, -0.2) is 46.2 Å². The number of azo groups is 1. The van der Waals surface area contributed by atoms with Crippen molar-refractivity contribution in [1.82, 2.24) is 0 Å². The van der Waals surface area contributed by atoms with E-state index in [0.29, 0.717) is 15.8 Å².